The summed E-state index contributed by atoms with van der Waals surface area (Å²) in [6, 6.07) is 4.27. The van der Waals surface area contributed by atoms with E-state index in [1.54, 1.807) is 19.9 Å². The van der Waals surface area contributed by atoms with Crippen molar-refractivity contribution >= 4 is 11.0 Å². The number of hydrogen-bond donors (Lipinski definition) is 3. The van der Waals surface area contributed by atoms with Crippen molar-refractivity contribution in [3.8, 4) is 34.3 Å². The minimum atomic E-state index is -0.411. The summed E-state index contributed by atoms with van der Waals surface area (Å²) >= 11 is 0. The van der Waals surface area contributed by atoms with E-state index in [-0.39, 0.29) is 34.0 Å². The highest BCUT2D eigenvalue weighted by Crippen LogP contribution is 2.40. The molecule has 3 N–H and O–H groups in total. The second-order valence-corrected chi connectivity index (χ2v) is 7.30. The molecule has 29 heavy (non-hydrogen) atoms. The average molecular weight is 396 g/mol. The Kier molecular flexibility index (Phi) is 5.29. The summed E-state index contributed by atoms with van der Waals surface area (Å²) in [5.41, 5.74) is 2.87. The Hall–Kier alpha value is -3.41. The van der Waals surface area contributed by atoms with Gasteiger partial charge >= 0.3 is 0 Å². The molecule has 6 heteroatoms. The van der Waals surface area contributed by atoms with Crippen molar-refractivity contribution in [2.75, 3.05) is 7.11 Å². The van der Waals surface area contributed by atoms with Crippen LogP contribution in [-0.2, 0) is 6.42 Å². The van der Waals surface area contributed by atoms with E-state index in [0.29, 0.717) is 34.4 Å². The molecule has 0 aliphatic carbocycles. The molecule has 3 aromatic rings. The van der Waals surface area contributed by atoms with E-state index in [0.717, 1.165) is 5.57 Å². The molecule has 1 aromatic heterocycles. The van der Waals surface area contributed by atoms with Crippen LogP contribution in [0.25, 0.3) is 22.3 Å². The maximum Gasteiger partial charge on any atom is 0.197 e. The zero-order chi connectivity index (χ0) is 21.5. The fourth-order valence-corrected chi connectivity index (χ4v) is 3.40. The quantitative estimate of drug-likeness (QED) is 0.436. The third-order valence-electron chi connectivity index (χ3n) is 4.95. The Morgan fingerprint density at radius 2 is 1.76 bits per heavy atom. The SMILES string of the molecule is COc1c(C)c(O)c2c(=O)cc(-c3cc(O)c(O)c(CC=C(C)C)c3)oc2c1C. The van der Waals surface area contributed by atoms with Crippen molar-refractivity contribution in [3.05, 3.63) is 56.8 Å². The second kappa shape index (κ2) is 7.54. The summed E-state index contributed by atoms with van der Waals surface area (Å²) in [6.07, 6.45) is 2.34. The zero-order valence-corrected chi connectivity index (χ0v) is 17.1. The predicted molar refractivity (Wildman–Crippen MR) is 112 cm³/mol. The van der Waals surface area contributed by atoms with Crippen LogP contribution in [0.5, 0.6) is 23.0 Å². The molecule has 0 radical (unpaired) electrons. The molecule has 0 amide bonds. The highest BCUT2D eigenvalue weighted by Gasteiger charge is 2.21. The van der Waals surface area contributed by atoms with Gasteiger partial charge in [-0.1, -0.05) is 11.6 Å². The van der Waals surface area contributed by atoms with Crippen LogP contribution >= 0.6 is 0 Å². The molecule has 6 nitrogen and oxygen atoms in total. The van der Waals surface area contributed by atoms with E-state index in [9.17, 15) is 20.1 Å². The number of methoxy groups -OCH3 is 1. The number of benzene rings is 2. The number of aromatic hydroxyl groups is 3. The lowest BCUT2D eigenvalue weighted by molar-refractivity contribution is 0.399. The maximum absolute atomic E-state index is 12.8. The maximum atomic E-state index is 12.8. The Bertz CT molecular complexity index is 1200. The largest absolute Gasteiger partial charge is 0.507 e. The number of ether oxygens (including phenoxy) is 1. The molecular formula is C23H24O6. The predicted octanol–water partition coefficient (Wildman–Crippen LogP) is 4.71. The zero-order valence-electron chi connectivity index (χ0n) is 17.1. The second-order valence-electron chi connectivity index (χ2n) is 7.30. The van der Waals surface area contributed by atoms with Crippen LogP contribution in [0.2, 0.25) is 0 Å². The lowest BCUT2D eigenvalue weighted by Crippen LogP contribution is -2.04. The molecule has 0 unspecified atom stereocenters. The third kappa shape index (κ3) is 3.53. The first-order valence-corrected chi connectivity index (χ1v) is 9.18. The van der Waals surface area contributed by atoms with E-state index in [4.69, 9.17) is 9.15 Å². The van der Waals surface area contributed by atoms with Gasteiger partial charge in [0.25, 0.3) is 0 Å². The van der Waals surface area contributed by atoms with E-state index >= 15 is 0 Å². The molecule has 3 rings (SSSR count). The Morgan fingerprint density at radius 1 is 1.07 bits per heavy atom. The van der Waals surface area contributed by atoms with Gasteiger partial charge in [-0.15, -0.1) is 0 Å². The van der Waals surface area contributed by atoms with Crippen molar-refractivity contribution in [1.82, 2.24) is 0 Å². The smallest absolute Gasteiger partial charge is 0.197 e. The van der Waals surface area contributed by atoms with Gasteiger partial charge in [0.15, 0.2) is 16.9 Å². The van der Waals surface area contributed by atoms with Gasteiger partial charge < -0.3 is 24.5 Å². The van der Waals surface area contributed by atoms with E-state index in [1.165, 1.54) is 19.2 Å². The van der Waals surface area contributed by atoms with Crippen LogP contribution in [0.4, 0.5) is 0 Å². The molecule has 0 aliphatic heterocycles. The van der Waals surface area contributed by atoms with Crippen LogP contribution in [0.3, 0.4) is 0 Å². The third-order valence-corrected chi connectivity index (χ3v) is 4.95. The van der Waals surface area contributed by atoms with Crippen molar-refractivity contribution < 1.29 is 24.5 Å². The topological polar surface area (TPSA) is 100 Å². The molecule has 1 heterocycles. The van der Waals surface area contributed by atoms with Crippen molar-refractivity contribution in [2.45, 2.75) is 34.1 Å². The van der Waals surface area contributed by atoms with Gasteiger partial charge in [0.1, 0.15) is 28.2 Å². The first-order valence-electron chi connectivity index (χ1n) is 9.18. The monoisotopic (exact) mass is 396 g/mol. The number of allylic oxidation sites excluding steroid dienone is 2. The molecule has 0 bridgehead atoms. The van der Waals surface area contributed by atoms with Crippen LogP contribution in [-0.4, -0.2) is 22.4 Å². The van der Waals surface area contributed by atoms with Gasteiger partial charge in [0, 0.05) is 28.3 Å². The van der Waals surface area contributed by atoms with Gasteiger partial charge in [-0.05, 0) is 46.2 Å². The summed E-state index contributed by atoms with van der Waals surface area (Å²) < 4.78 is 11.3. The van der Waals surface area contributed by atoms with Gasteiger partial charge in [-0.3, -0.25) is 4.79 Å². The molecule has 0 saturated heterocycles. The van der Waals surface area contributed by atoms with Gasteiger partial charge in [0.05, 0.1) is 7.11 Å². The molecule has 0 saturated carbocycles. The summed E-state index contributed by atoms with van der Waals surface area (Å²) in [6.45, 7) is 7.29. The van der Waals surface area contributed by atoms with E-state index in [2.05, 4.69) is 0 Å². The van der Waals surface area contributed by atoms with Crippen molar-refractivity contribution in [1.29, 1.82) is 0 Å². The highest BCUT2D eigenvalue weighted by molar-refractivity contribution is 5.91. The minimum absolute atomic E-state index is 0.0808. The molecule has 152 valence electrons. The van der Waals surface area contributed by atoms with Gasteiger partial charge in [-0.2, -0.15) is 0 Å². The minimum Gasteiger partial charge on any atom is -0.507 e. The summed E-state index contributed by atoms with van der Waals surface area (Å²) in [4.78, 5) is 12.8. The van der Waals surface area contributed by atoms with Gasteiger partial charge in [-0.25, -0.2) is 0 Å². The first kappa shape index (κ1) is 20.3. The van der Waals surface area contributed by atoms with Gasteiger partial charge in [0.2, 0.25) is 0 Å². The Morgan fingerprint density at radius 3 is 2.38 bits per heavy atom. The molecule has 0 atom stereocenters. The standard InChI is InChI=1S/C23H24O6/c1-11(2)6-7-14-8-15(9-17(25)21(14)27)18-10-16(24)19-20(26)12(3)22(28-5)13(4)23(19)29-18/h6,8-10,25-27H,7H2,1-5H3. The van der Waals surface area contributed by atoms with E-state index in [1.807, 2.05) is 19.9 Å². The fraction of sp³-hybridized carbons (Fsp3) is 0.261. The normalized spacial score (nSPS) is 10.9. The van der Waals surface area contributed by atoms with Crippen LogP contribution < -0.4 is 10.2 Å². The number of phenols is 3. The first-order chi connectivity index (χ1) is 13.6. The average Bonchev–Trinajstić information content (AvgIpc) is 2.67. The fourth-order valence-electron chi connectivity index (χ4n) is 3.40. The molecule has 0 fully saturated rings. The van der Waals surface area contributed by atoms with Crippen LogP contribution in [0.15, 0.2) is 39.1 Å². The summed E-state index contributed by atoms with van der Waals surface area (Å²) in [5, 5.41) is 30.9. The molecule has 0 aliphatic rings. The highest BCUT2D eigenvalue weighted by atomic mass is 16.5. The lowest BCUT2D eigenvalue weighted by atomic mass is 10.0. The molecule has 0 spiro atoms. The van der Waals surface area contributed by atoms with Crippen LogP contribution in [0, 0.1) is 13.8 Å². The molecule has 2 aromatic carbocycles. The molecular weight excluding hydrogens is 372 g/mol. The number of rotatable bonds is 4. The summed E-state index contributed by atoms with van der Waals surface area (Å²) in [7, 11) is 1.48. The Labute approximate surface area is 168 Å². The Balaban J connectivity index is 2.29. The summed E-state index contributed by atoms with van der Waals surface area (Å²) in [5.74, 6) is -0.0396. The lowest BCUT2D eigenvalue weighted by Gasteiger charge is -2.14. The number of fused-ring (bicyclic) bond motifs is 1. The number of aryl methyl sites for hydroxylation is 1. The van der Waals surface area contributed by atoms with Crippen molar-refractivity contribution in [3.63, 3.8) is 0 Å². The van der Waals surface area contributed by atoms with Crippen LogP contribution in [0.1, 0.15) is 30.5 Å². The number of hydrogen-bond acceptors (Lipinski definition) is 6. The van der Waals surface area contributed by atoms with Crippen molar-refractivity contribution in [2.24, 2.45) is 0 Å². The van der Waals surface area contributed by atoms with E-state index < -0.39 is 5.43 Å². The number of phenolic OH excluding ortho intramolecular Hbond substituents is 3.